The minimum atomic E-state index is -0.282. The van der Waals surface area contributed by atoms with Crippen LogP contribution in [0.4, 0.5) is 11.8 Å². The van der Waals surface area contributed by atoms with Gasteiger partial charge in [-0.05, 0) is 6.92 Å². The lowest BCUT2D eigenvalue weighted by atomic mass is 10.4. The van der Waals surface area contributed by atoms with Crippen LogP contribution in [-0.2, 0) is 0 Å². The van der Waals surface area contributed by atoms with E-state index in [1.54, 1.807) is 25.5 Å². The first-order valence-corrected chi connectivity index (χ1v) is 4.38. The van der Waals surface area contributed by atoms with Gasteiger partial charge in [-0.2, -0.15) is 0 Å². The molecule has 2 rings (SSSR count). The molecule has 7 nitrogen and oxygen atoms in total. The maximum absolute atomic E-state index is 5.57. The van der Waals surface area contributed by atoms with Gasteiger partial charge in [0.2, 0.25) is 5.89 Å². The molecule has 0 fully saturated rings. The summed E-state index contributed by atoms with van der Waals surface area (Å²) in [6.45, 7) is 1.76. The van der Waals surface area contributed by atoms with Crippen molar-refractivity contribution in [1.29, 1.82) is 0 Å². The average molecular weight is 206 g/mol. The standard InChI is InChI=1S/C8H10N6O/c1-5(9)7-13-14-8(15-7)12-6-4-10-2-3-11-6/h2-5H,9H2,1H3,(H,11,12,14). The van der Waals surface area contributed by atoms with Gasteiger partial charge in [-0.15, -0.1) is 5.10 Å². The van der Waals surface area contributed by atoms with Crippen LogP contribution in [-0.4, -0.2) is 20.2 Å². The first kappa shape index (κ1) is 9.53. The van der Waals surface area contributed by atoms with Crippen LogP contribution < -0.4 is 11.1 Å². The Morgan fingerprint density at radius 3 is 2.87 bits per heavy atom. The minimum Gasteiger partial charge on any atom is -0.406 e. The number of hydrogen-bond donors (Lipinski definition) is 2. The smallest absolute Gasteiger partial charge is 0.321 e. The zero-order valence-corrected chi connectivity index (χ0v) is 8.08. The molecule has 0 amide bonds. The molecule has 1 unspecified atom stereocenters. The van der Waals surface area contributed by atoms with Gasteiger partial charge in [-0.25, -0.2) is 4.98 Å². The fraction of sp³-hybridized carbons (Fsp3) is 0.250. The Morgan fingerprint density at radius 1 is 1.40 bits per heavy atom. The molecule has 2 heterocycles. The highest BCUT2D eigenvalue weighted by Crippen LogP contribution is 2.14. The third-order valence-corrected chi connectivity index (χ3v) is 1.63. The van der Waals surface area contributed by atoms with E-state index >= 15 is 0 Å². The Hall–Kier alpha value is -2.02. The number of nitrogens with zero attached hydrogens (tertiary/aromatic N) is 4. The quantitative estimate of drug-likeness (QED) is 0.758. The summed E-state index contributed by atoms with van der Waals surface area (Å²) in [6.07, 6.45) is 4.69. The van der Waals surface area contributed by atoms with E-state index in [-0.39, 0.29) is 12.1 Å². The zero-order valence-electron chi connectivity index (χ0n) is 8.08. The van der Waals surface area contributed by atoms with Gasteiger partial charge in [0, 0.05) is 12.4 Å². The van der Waals surface area contributed by atoms with Gasteiger partial charge >= 0.3 is 6.01 Å². The molecule has 3 N–H and O–H groups in total. The van der Waals surface area contributed by atoms with E-state index in [1.165, 1.54) is 0 Å². The van der Waals surface area contributed by atoms with E-state index < -0.39 is 0 Å². The third kappa shape index (κ3) is 2.26. The molecule has 1 atom stereocenters. The first-order valence-electron chi connectivity index (χ1n) is 4.38. The summed E-state index contributed by atoms with van der Waals surface area (Å²) in [5.41, 5.74) is 5.57. The summed E-state index contributed by atoms with van der Waals surface area (Å²) < 4.78 is 5.22. The summed E-state index contributed by atoms with van der Waals surface area (Å²) in [7, 11) is 0. The zero-order chi connectivity index (χ0) is 10.7. The van der Waals surface area contributed by atoms with Crippen molar-refractivity contribution in [2.24, 2.45) is 5.73 Å². The number of anilines is 2. The van der Waals surface area contributed by atoms with Gasteiger partial charge in [0.25, 0.3) is 0 Å². The maximum atomic E-state index is 5.57. The van der Waals surface area contributed by atoms with Crippen molar-refractivity contribution in [3.05, 3.63) is 24.5 Å². The lowest BCUT2D eigenvalue weighted by Gasteiger charge is -1.98. The number of nitrogens with two attached hydrogens (primary N) is 1. The van der Waals surface area contributed by atoms with Gasteiger partial charge in [0.15, 0.2) is 5.82 Å². The molecule has 0 aliphatic carbocycles. The highest BCUT2D eigenvalue weighted by Gasteiger charge is 2.09. The lowest BCUT2D eigenvalue weighted by molar-refractivity contribution is 0.475. The van der Waals surface area contributed by atoms with E-state index in [0.717, 1.165) is 0 Å². The summed E-state index contributed by atoms with van der Waals surface area (Å²) in [4.78, 5) is 7.88. The molecule has 15 heavy (non-hydrogen) atoms. The Kier molecular flexibility index (Phi) is 2.55. The van der Waals surface area contributed by atoms with Crippen molar-refractivity contribution < 1.29 is 4.42 Å². The molecule has 2 aromatic heterocycles. The maximum Gasteiger partial charge on any atom is 0.321 e. The van der Waals surface area contributed by atoms with E-state index in [1.807, 2.05) is 0 Å². The Balaban J connectivity index is 2.12. The summed E-state index contributed by atoms with van der Waals surface area (Å²) in [5, 5.41) is 10.3. The van der Waals surface area contributed by atoms with Crippen LogP contribution in [0.1, 0.15) is 18.9 Å². The topological polar surface area (TPSA) is 103 Å². The third-order valence-electron chi connectivity index (χ3n) is 1.63. The molecule has 0 saturated carbocycles. The van der Waals surface area contributed by atoms with Gasteiger partial charge in [-0.1, -0.05) is 5.10 Å². The largest absolute Gasteiger partial charge is 0.406 e. The minimum absolute atomic E-state index is 0.253. The summed E-state index contributed by atoms with van der Waals surface area (Å²) >= 11 is 0. The normalized spacial score (nSPS) is 12.4. The number of hydrogen-bond acceptors (Lipinski definition) is 7. The number of aromatic nitrogens is 4. The molecule has 2 aromatic rings. The Morgan fingerprint density at radius 2 is 2.27 bits per heavy atom. The molecular weight excluding hydrogens is 196 g/mol. The van der Waals surface area contributed by atoms with Crippen molar-refractivity contribution in [3.8, 4) is 0 Å². The van der Waals surface area contributed by atoms with Crippen LogP contribution in [0.5, 0.6) is 0 Å². The second-order valence-electron chi connectivity index (χ2n) is 2.95. The number of rotatable bonds is 3. The Labute approximate surface area is 85.7 Å². The second kappa shape index (κ2) is 4.01. The molecule has 7 heteroatoms. The van der Waals surface area contributed by atoms with Gasteiger partial charge < -0.3 is 10.2 Å². The fourth-order valence-electron chi connectivity index (χ4n) is 0.942. The lowest BCUT2D eigenvalue weighted by Crippen LogP contribution is -2.04. The fourth-order valence-corrected chi connectivity index (χ4v) is 0.942. The van der Waals surface area contributed by atoms with Crippen LogP contribution in [0.2, 0.25) is 0 Å². The van der Waals surface area contributed by atoms with Gasteiger partial charge in [-0.3, -0.25) is 10.3 Å². The van der Waals surface area contributed by atoms with Crippen LogP contribution >= 0.6 is 0 Å². The van der Waals surface area contributed by atoms with Gasteiger partial charge in [0.05, 0.1) is 12.2 Å². The van der Waals surface area contributed by atoms with Crippen LogP contribution in [0.3, 0.4) is 0 Å². The highest BCUT2D eigenvalue weighted by molar-refractivity contribution is 5.42. The first-order chi connectivity index (χ1) is 7.25. The molecule has 0 saturated heterocycles. The second-order valence-corrected chi connectivity index (χ2v) is 2.95. The van der Waals surface area contributed by atoms with E-state index in [4.69, 9.17) is 10.2 Å². The summed E-state index contributed by atoms with van der Waals surface area (Å²) in [5.74, 6) is 0.916. The van der Waals surface area contributed by atoms with Crippen molar-refractivity contribution in [1.82, 2.24) is 20.2 Å². The van der Waals surface area contributed by atoms with E-state index in [2.05, 4.69) is 25.5 Å². The van der Waals surface area contributed by atoms with Crippen molar-refractivity contribution in [2.45, 2.75) is 13.0 Å². The molecule has 78 valence electrons. The molecule has 0 radical (unpaired) electrons. The molecule has 0 aromatic carbocycles. The SMILES string of the molecule is CC(N)c1nnc(Nc2cnccn2)o1. The van der Waals surface area contributed by atoms with Crippen LogP contribution in [0, 0.1) is 0 Å². The summed E-state index contributed by atoms with van der Waals surface area (Å²) in [6, 6.07) is -0.0299. The van der Waals surface area contributed by atoms with Crippen LogP contribution in [0.25, 0.3) is 0 Å². The average Bonchev–Trinajstić information content (AvgIpc) is 2.68. The van der Waals surface area contributed by atoms with E-state index in [0.29, 0.717) is 11.7 Å². The highest BCUT2D eigenvalue weighted by atomic mass is 16.4. The van der Waals surface area contributed by atoms with Crippen molar-refractivity contribution >= 4 is 11.8 Å². The number of nitrogens with one attached hydrogen (secondary N) is 1. The monoisotopic (exact) mass is 206 g/mol. The predicted octanol–water partition coefficient (Wildman–Crippen LogP) is 0.623. The molecule has 0 bridgehead atoms. The van der Waals surface area contributed by atoms with Gasteiger partial charge in [0.1, 0.15) is 0 Å². The Bertz CT molecular complexity index is 426. The van der Waals surface area contributed by atoms with Crippen LogP contribution in [0.15, 0.2) is 23.0 Å². The molecule has 0 spiro atoms. The molecule has 0 aliphatic rings. The van der Waals surface area contributed by atoms with Crippen molar-refractivity contribution in [2.75, 3.05) is 5.32 Å². The molecule has 0 aliphatic heterocycles. The van der Waals surface area contributed by atoms with Crippen molar-refractivity contribution in [3.63, 3.8) is 0 Å². The molecular formula is C8H10N6O. The van der Waals surface area contributed by atoms with E-state index in [9.17, 15) is 0 Å². The predicted molar refractivity (Wildman–Crippen MR) is 52.2 cm³/mol.